The minimum absolute atomic E-state index is 0.300. The van der Waals surface area contributed by atoms with E-state index in [1.54, 1.807) is 0 Å². The molecule has 0 bridgehead atoms. The number of rotatable bonds is 5. The first-order valence-corrected chi connectivity index (χ1v) is 6.95. The van der Waals surface area contributed by atoms with Crippen LogP contribution in [0.5, 0.6) is 0 Å². The molecule has 3 nitrogen and oxygen atoms in total. The van der Waals surface area contributed by atoms with Crippen LogP contribution in [-0.4, -0.2) is 37.4 Å². The molecule has 0 fully saturated rings. The van der Waals surface area contributed by atoms with Gasteiger partial charge in [-0.1, -0.05) is 32.0 Å². The summed E-state index contributed by atoms with van der Waals surface area (Å²) in [5.41, 5.74) is 2.71. The van der Waals surface area contributed by atoms with Crippen LogP contribution >= 0.6 is 0 Å². The maximum absolute atomic E-state index is 10.0. The van der Waals surface area contributed by atoms with Gasteiger partial charge in [0.25, 0.3) is 0 Å². The van der Waals surface area contributed by atoms with Crippen molar-refractivity contribution in [3.8, 4) is 0 Å². The molecule has 100 valence electrons. The zero-order valence-corrected chi connectivity index (χ0v) is 11.4. The number of nitrogens with zero attached hydrogens (tertiary/aromatic N) is 1. The molecule has 3 heteroatoms. The fourth-order valence-corrected chi connectivity index (χ4v) is 2.64. The van der Waals surface area contributed by atoms with Crippen molar-refractivity contribution < 1.29 is 5.11 Å². The largest absolute Gasteiger partial charge is 0.390 e. The van der Waals surface area contributed by atoms with Gasteiger partial charge in [0.2, 0.25) is 0 Å². The van der Waals surface area contributed by atoms with Crippen molar-refractivity contribution in [2.24, 2.45) is 0 Å². The van der Waals surface area contributed by atoms with E-state index in [0.29, 0.717) is 12.5 Å². The Morgan fingerprint density at radius 3 is 3.00 bits per heavy atom. The van der Waals surface area contributed by atoms with E-state index in [4.69, 9.17) is 0 Å². The fraction of sp³-hybridized carbons (Fsp3) is 0.600. The summed E-state index contributed by atoms with van der Waals surface area (Å²) in [5, 5.41) is 13.2. The second kappa shape index (κ2) is 6.21. The molecule has 2 rings (SSSR count). The first-order valence-electron chi connectivity index (χ1n) is 6.95. The summed E-state index contributed by atoms with van der Waals surface area (Å²) < 4.78 is 0. The molecule has 0 aromatic heterocycles. The first-order chi connectivity index (χ1) is 8.72. The van der Waals surface area contributed by atoms with Crippen LogP contribution in [0.4, 0.5) is 5.69 Å². The highest BCUT2D eigenvalue weighted by Crippen LogP contribution is 2.34. The molecular formula is C15H24N2O. The fourth-order valence-electron chi connectivity index (χ4n) is 2.64. The van der Waals surface area contributed by atoms with Gasteiger partial charge in [-0.2, -0.15) is 0 Å². The number of likely N-dealkylation sites (N-methyl/N-ethyl adjacent to an activating group) is 1. The van der Waals surface area contributed by atoms with E-state index in [1.807, 2.05) is 0 Å². The van der Waals surface area contributed by atoms with E-state index >= 15 is 0 Å². The minimum Gasteiger partial charge on any atom is -0.390 e. The van der Waals surface area contributed by atoms with Crippen molar-refractivity contribution in [1.29, 1.82) is 0 Å². The summed E-state index contributed by atoms with van der Waals surface area (Å²) in [6, 6.07) is 8.57. The molecule has 1 aromatic rings. The number of β-amino-alcohol motifs (C(OH)–C–C–N with tert-alkyl or cyclic N) is 1. The number of aliphatic hydroxyl groups excluding tert-OH is 1. The van der Waals surface area contributed by atoms with E-state index in [0.717, 1.165) is 19.6 Å². The summed E-state index contributed by atoms with van der Waals surface area (Å²) in [4.78, 5) is 2.32. The average Bonchev–Trinajstić information content (AvgIpc) is 2.40. The molecule has 2 N–H and O–H groups in total. The van der Waals surface area contributed by atoms with E-state index in [1.165, 1.54) is 17.7 Å². The molecule has 2 atom stereocenters. The van der Waals surface area contributed by atoms with Crippen molar-refractivity contribution in [1.82, 2.24) is 5.32 Å². The summed E-state index contributed by atoms with van der Waals surface area (Å²) in [6.45, 7) is 7.68. The second-order valence-corrected chi connectivity index (χ2v) is 5.16. The molecule has 0 radical (unpaired) electrons. The molecule has 0 spiro atoms. The van der Waals surface area contributed by atoms with Crippen molar-refractivity contribution in [2.45, 2.75) is 32.3 Å². The highest BCUT2D eigenvalue weighted by molar-refractivity contribution is 5.57. The third-order valence-electron chi connectivity index (χ3n) is 3.70. The molecule has 1 aliphatic heterocycles. The van der Waals surface area contributed by atoms with Crippen LogP contribution in [-0.2, 0) is 0 Å². The van der Waals surface area contributed by atoms with Gasteiger partial charge in [0.05, 0.1) is 6.10 Å². The number of anilines is 1. The van der Waals surface area contributed by atoms with Gasteiger partial charge >= 0.3 is 0 Å². The lowest BCUT2D eigenvalue weighted by Gasteiger charge is -2.35. The quantitative estimate of drug-likeness (QED) is 0.836. The Morgan fingerprint density at radius 2 is 2.22 bits per heavy atom. The molecule has 1 heterocycles. The Morgan fingerprint density at radius 1 is 1.44 bits per heavy atom. The molecule has 0 amide bonds. The number of aliphatic hydroxyl groups is 1. The summed E-state index contributed by atoms with van der Waals surface area (Å²) >= 11 is 0. The smallest absolute Gasteiger partial charge is 0.0839 e. The normalized spacial score (nSPS) is 20.6. The molecule has 0 saturated heterocycles. The standard InChI is InChI=1S/C15H24N2O/c1-3-16-10-13(18)11-17-9-8-12(2)14-6-4-5-7-15(14)17/h4-7,12-13,16,18H,3,8-11H2,1-2H3. The van der Waals surface area contributed by atoms with E-state index in [2.05, 4.69) is 48.3 Å². The number of hydrogen-bond acceptors (Lipinski definition) is 3. The van der Waals surface area contributed by atoms with Crippen molar-refractivity contribution in [3.05, 3.63) is 29.8 Å². The van der Waals surface area contributed by atoms with Crippen LogP contribution in [0, 0.1) is 0 Å². The number of fused-ring (bicyclic) bond motifs is 1. The Balaban J connectivity index is 2.04. The van der Waals surface area contributed by atoms with Gasteiger partial charge in [0.15, 0.2) is 0 Å². The number of para-hydroxylation sites is 1. The predicted octanol–water partition coefficient (Wildman–Crippen LogP) is 1.97. The van der Waals surface area contributed by atoms with Crippen LogP contribution in [0.3, 0.4) is 0 Å². The van der Waals surface area contributed by atoms with Gasteiger partial charge in [-0.05, 0) is 30.5 Å². The zero-order chi connectivity index (χ0) is 13.0. The lowest BCUT2D eigenvalue weighted by molar-refractivity contribution is 0.176. The summed E-state index contributed by atoms with van der Waals surface area (Å²) in [6.07, 6.45) is 0.872. The van der Waals surface area contributed by atoms with E-state index < -0.39 is 0 Å². The molecule has 2 unspecified atom stereocenters. The minimum atomic E-state index is -0.300. The summed E-state index contributed by atoms with van der Waals surface area (Å²) in [5.74, 6) is 0.628. The third-order valence-corrected chi connectivity index (χ3v) is 3.70. The number of nitrogens with one attached hydrogen (secondary N) is 1. The van der Waals surface area contributed by atoms with E-state index in [9.17, 15) is 5.11 Å². The van der Waals surface area contributed by atoms with Gasteiger partial charge in [0, 0.05) is 25.3 Å². The second-order valence-electron chi connectivity index (χ2n) is 5.16. The van der Waals surface area contributed by atoms with Crippen molar-refractivity contribution in [3.63, 3.8) is 0 Å². The number of benzene rings is 1. The highest BCUT2D eigenvalue weighted by Gasteiger charge is 2.22. The van der Waals surface area contributed by atoms with Crippen LogP contribution in [0.2, 0.25) is 0 Å². The van der Waals surface area contributed by atoms with Gasteiger partial charge in [-0.3, -0.25) is 0 Å². The maximum atomic E-state index is 10.0. The SMILES string of the molecule is CCNCC(O)CN1CCC(C)c2ccccc21. The van der Waals surface area contributed by atoms with Gasteiger partial charge < -0.3 is 15.3 Å². The monoisotopic (exact) mass is 248 g/mol. The van der Waals surface area contributed by atoms with E-state index in [-0.39, 0.29) is 6.10 Å². The van der Waals surface area contributed by atoms with Crippen molar-refractivity contribution >= 4 is 5.69 Å². The van der Waals surface area contributed by atoms with Gasteiger partial charge in [0.1, 0.15) is 0 Å². The van der Waals surface area contributed by atoms with Gasteiger partial charge in [-0.25, -0.2) is 0 Å². The predicted molar refractivity (Wildman–Crippen MR) is 76.2 cm³/mol. The Bertz CT molecular complexity index is 381. The van der Waals surface area contributed by atoms with Crippen LogP contribution in [0.1, 0.15) is 31.7 Å². The van der Waals surface area contributed by atoms with Gasteiger partial charge in [-0.15, -0.1) is 0 Å². The third kappa shape index (κ3) is 3.03. The Hall–Kier alpha value is -1.06. The number of hydrogen-bond donors (Lipinski definition) is 2. The lowest BCUT2D eigenvalue weighted by atomic mass is 9.91. The average molecular weight is 248 g/mol. The Labute approximate surface area is 110 Å². The van der Waals surface area contributed by atoms with Crippen molar-refractivity contribution in [2.75, 3.05) is 31.1 Å². The molecule has 18 heavy (non-hydrogen) atoms. The molecule has 0 aliphatic carbocycles. The molecule has 1 aliphatic rings. The van der Waals surface area contributed by atoms with Crippen LogP contribution in [0.15, 0.2) is 24.3 Å². The van der Waals surface area contributed by atoms with Crippen LogP contribution in [0.25, 0.3) is 0 Å². The summed E-state index contributed by atoms with van der Waals surface area (Å²) in [7, 11) is 0. The highest BCUT2D eigenvalue weighted by atomic mass is 16.3. The first kappa shape index (κ1) is 13.4. The molecular weight excluding hydrogens is 224 g/mol. The lowest BCUT2D eigenvalue weighted by Crippen LogP contribution is -2.41. The zero-order valence-electron chi connectivity index (χ0n) is 11.4. The maximum Gasteiger partial charge on any atom is 0.0839 e. The van der Waals surface area contributed by atoms with Crippen LogP contribution < -0.4 is 10.2 Å². The topological polar surface area (TPSA) is 35.5 Å². The molecule has 1 aromatic carbocycles. The Kier molecular flexibility index (Phi) is 4.61. The molecule has 0 saturated carbocycles.